The van der Waals surface area contributed by atoms with E-state index in [4.69, 9.17) is 4.74 Å². The van der Waals surface area contributed by atoms with Gasteiger partial charge in [0.05, 0.1) is 24.0 Å². The molecule has 4 rings (SSSR count). The van der Waals surface area contributed by atoms with Crippen LogP contribution in [0.3, 0.4) is 0 Å². The molecule has 2 aromatic heterocycles. The number of halogens is 3. The number of ether oxygens (including phenoxy) is 1. The minimum atomic E-state index is -4.63. The molecule has 0 bridgehead atoms. The van der Waals surface area contributed by atoms with Crippen LogP contribution in [0, 0.1) is 0 Å². The van der Waals surface area contributed by atoms with Crippen LogP contribution in [-0.4, -0.2) is 54.3 Å². The Hall–Kier alpha value is -3.34. The van der Waals surface area contributed by atoms with Gasteiger partial charge >= 0.3 is 12.3 Å². The quantitative estimate of drug-likeness (QED) is 0.558. The fourth-order valence-corrected chi connectivity index (χ4v) is 3.87. The Kier molecular flexibility index (Phi) is 5.92. The van der Waals surface area contributed by atoms with Gasteiger partial charge in [-0.2, -0.15) is 13.2 Å². The second-order valence-corrected chi connectivity index (χ2v) is 7.57. The van der Waals surface area contributed by atoms with Gasteiger partial charge in [0.25, 0.3) is 0 Å². The average Bonchev–Trinajstić information content (AvgIpc) is 3.22. The summed E-state index contributed by atoms with van der Waals surface area (Å²) in [6, 6.07) is 5.05. The number of nitrogens with zero attached hydrogens (tertiary/aromatic N) is 3. The molecular formula is C21H23F3N6O2. The number of aromatic nitrogens is 3. The number of carbonyl (C=O) groups is 1. The van der Waals surface area contributed by atoms with E-state index in [0.717, 1.165) is 25.6 Å². The zero-order valence-corrected chi connectivity index (χ0v) is 17.6. The largest absolute Gasteiger partial charge is 0.452 e. The number of piperidine rings is 1. The molecule has 1 aliphatic heterocycles. The van der Waals surface area contributed by atoms with Crippen LogP contribution in [0.2, 0.25) is 0 Å². The smallest absolute Gasteiger partial charge is 0.419 e. The molecule has 8 nitrogen and oxygen atoms in total. The van der Waals surface area contributed by atoms with E-state index < -0.39 is 17.8 Å². The molecule has 3 N–H and O–H groups in total. The van der Waals surface area contributed by atoms with Gasteiger partial charge in [0.15, 0.2) is 0 Å². The number of alkyl halides is 3. The van der Waals surface area contributed by atoms with Gasteiger partial charge in [-0.15, -0.1) is 0 Å². The summed E-state index contributed by atoms with van der Waals surface area (Å²) in [5, 5.41) is 6.87. The van der Waals surface area contributed by atoms with Crippen molar-refractivity contribution in [3.63, 3.8) is 0 Å². The summed E-state index contributed by atoms with van der Waals surface area (Å²) < 4.78 is 46.1. The molecule has 1 aromatic carbocycles. The molecule has 0 aliphatic carbocycles. The molecule has 0 radical (unpaired) electrons. The highest BCUT2D eigenvalue weighted by atomic mass is 19.4. The molecule has 1 atom stereocenters. The lowest BCUT2D eigenvalue weighted by molar-refractivity contribution is -0.137. The second-order valence-electron chi connectivity index (χ2n) is 7.57. The number of hydrogen-bond acceptors (Lipinski definition) is 6. The number of nitrogens with one attached hydrogen (secondary N) is 3. The predicted octanol–water partition coefficient (Wildman–Crippen LogP) is 4.01. The summed E-state index contributed by atoms with van der Waals surface area (Å²) in [6.45, 7) is 1.60. The number of methoxy groups -OCH3 is 1. The van der Waals surface area contributed by atoms with E-state index >= 15 is 0 Å². The topological polar surface area (TPSA) is 95.2 Å². The lowest BCUT2D eigenvalue weighted by Crippen LogP contribution is -2.38. The minimum absolute atomic E-state index is 0.0385. The Morgan fingerprint density at radius 2 is 2.16 bits per heavy atom. The number of hydrogen-bond donors (Lipinski definition) is 3. The van der Waals surface area contributed by atoms with Crippen LogP contribution < -0.4 is 15.5 Å². The van der Waals surface area contributed by atoms with Crippen molar-refractivity contribution in [3.05, 3.63) is 36.2 Å². The normalized spacial score (nSPS) is 16.7. The molecule has 1 amide bonds. The summed E-state index contributed by atoms with van der Waals surface area (Å²) in [5.74, 6) is 0.138. The van der Waals surface area contributed by atoms with Crippen LogP contribution >= 0.6 is 0 Å². The van der Waals surface area contributed by atoms with E-state index in [2.05, 4.69) is 25.6 Å². The lowest BCUT2D eigenvalue weighted by Gasteiger charge is -2.24. The zero-order chi connectivity index (χ0) is 22.9. The van der Waals surface area contributed by atoms with E-state index in [0.29, 0.717) is 23.1 Å². The Morgan fingerprint density at radius 1 is 1.34 bits per heavy atom. The number of benzene rings is 1. The number of carbonyl (C=O) groups excluding carboxylic acids is 1. The van der Waals surface area contributed by atoms with Crippen LogP contribution in [0.1, 0.15) is 18.4 Å². The van der Waals surface area contributed by atoms with Crippen molar-refractivity contribution >= 4 is 28.6 Å². The summed E-state index contributed by atoms with van der Waals surface area (Å²) in [6.07, 6.45) is -1.12. The molecule has 3 heterocycles. The number of amides is 1. The summed E-state index contributed by atoms with van der Waals surface area (Å²) in [4.78, 5) is 24.4. The van der Waals surface area contributed by atoms with Crippen LogP contribution in [0.25, 0.3) is 22.2 Å². The molecule has 170 valence electrons. The van der Waals surface area contributed by atoms with Gasteiger partial charge < -0.3 is 20.4 Å². The van der Waals surface area contributed by atoms with Gasteiger partial charge in [0, 0.05) is 43.0 Å². The predicted molar refractivity (Wildman–Crippen MR) is 115 cm³/mol. The second kappa shape index (κ2) is 8.65. The molecular weight excluding hydrogens is 425 g/mol. The number of aromatic amines is 1. The van der Waals surface area contributed by atoms with Crippen molar-refractivity contribution in [1.82, 2.24) is 20.3 Å². The third kappa shape index (κ3) is 4.20. The zero-order valence-electron chi connectivity index (χ0n) is 17.6. The first-order chi connectivity index (χ1) is 15.3. The highest BCUT2D eigenvalue weighted by molar-refractivity contribution is 6.05. The van der Waals surface area contributed by atoms with Gasteiger partial charge in [-0.3, -0.25) is 4.90 Å². The fraction of sp³-hybridized carbons (Fsp3) is 0.381. The first-order valence-electron chi connectivity index (χ1n) is 10.1. The van der Waals surface area contributed by atoms with Crippen molar-refractivity contribution in [2.45, 2.75) is 25.1 Å². The maximum Gasteiger partial charge on any atom is 0.419 e. The maximum atomic E-state index is 13.8. The van der Waals surface area contributed by atoms with E-state index in [1.165, 1.54) is 25.3 Å². The molecule has 32 heavy (non-hydrogen) atoms. The SMILES string of the molecule is COC(=O)N(C)c1cccc2c(-c3nc(N[C@H]4CCCNC4)ncc3C(F)(F)F)c[nH]c12. The highest BCUT2D eigenvalue weighted by Gasteiger charge is 2.36. The van der Waals surface area contributed by atoms with E-state index in [1.807, 2.05) is 0 Å². The van der Waals surface area contributed by atoms with Crippen molar-refractivity contribution in [3.8, 4) is 11.3 Å². The van der Waals surface area contributed by atoms with Gasteiger partial charge in [-0.25, -0.2) is 14.8 Å². The van der Waals surface area contributed by atoms with Gasteiger partial charge in [-0.1, -0.05) is 12.1 Å². The molecule has 3 aromatic rings. The molecule has 0 saturated carbocycles. The Bertz CT molecular complexity index is 1120. The number of H-pyrrole nitrogens is 1. The van der Waals surface area contributed by atoms with Crippen molar-refractivity contribution in [2.75, 3.05) is 37.5 Å². The molecule has 0 unspecified atom stereocenters. The Labute approximate surface area is 182 Å². The molecule has 0 spiro atoms. The summed E-state index contributed by atoms with van der Waals surface area (Å²) in [5.41, 5.74) is 0.0583. The monoisotopic (exact) mass is 448 g/mol. The first-order valence-corrected chi connectivity index (χ1v) is 10.1. The minimum Gasteiger partial charge on any atom is -0.452 e. The van der Waals surface area contributed by atoms with E-state index in [1.54, 1.807) is 18.2 Å². The maximum absolute atomic E-state index is 13.8. The van der Waals surface area contributed by atoms with Crippen LogP contribution in [0.15, 0.2) is 30.6 Å². The van der Waals surface area contributed by atoms with Crippen LogP contribution in [-0.2, 0) is 10.9 Å². The standard InChI is InChI=1S/C21H23F3N6O2/c1-30(20(31)32-2)16-7-3-6-13-14(10-26-18(13)16)17-15(21(22,23)24)11-27-19(29-17)28-12-5-4-8-25-9-12/h3,6-7,10-12,25-26H,4-5,8-9H2,1-2H3,(H,27,28,29)/t12-/m0/s1. The lowest BCUT2D eigenvalue weighted by atomic mass is 10.0. The molecule has 1 aliphatic rings. The van der Waals surface area contributed by atoms with E-state index in [-0.39, 0.29) is 23.2 Å². The molecule has 1 fully saturated rings. The Balaban J connectivity index is 1.80. The number of anilines is 2. The third-order valence-corrected chi connectivity index (χ3v) is 5.48. The fourth-order valence-electron chi connectivity index (χ4n) is 3.87. The van der Waals surface area contributed by atoms with Crippen molar-refractivity contribution in [2.24, 2.45) is 0 Å². The third-order valence-electron chi connectivity index (χ3n) is 5.48. The van der Waals surface area contributed by atoms with Crippen molar-refractivity contribution < 1.29 is 22.7 Å². The van der Waals surface area contributed by atoms with Crippen LogP contribution in [0.4, 0.5) is 29.6 Å². The number of rotatable bonds is 4. The average molecular weight is 448 g/mol. The molecule has 1 saturated heterocycles. The van der Waals surface area contributed by atoms with Gasteiger partial charge in [0.2, 0.25) is 5.95 Å². The first kappa shape index (κ1) is 21.9. The number of para-hydroxylation sites is 1. The van der Waals surface area contributed by atoms with Gasteiger partial charge in [0.1, 0.15) is 5.56 Å². The summed E-state index contributed by atoms with van der Waals surface area (Å²) >= 11 is 0. The number of fused-ring (bicyclic) bond motifs is 1. The van der Waals surface area contributed by atoms with Crippen LogP contribution in [0.5, 0.6) is 0 Å². The summed E-state index contributed by atoms with van der Waals surface area (Å²) in [7, 11) is 2.78. The van der Waals surface area contributed by atoms with E-state index in [9.17, 15) is 18.0 Å². The Morgan fingerprint density at radius 3 is 2.84 bits per heavy atom. The highest BCUT2D eigenvalue weighted by Crippen LogP contribution is 2.40. The molecule has 11 heteroatoms. The van der Waals surface area contributed by atoms with Crippen molar-refractivity contribution in [1.29, 1.82) is 0 Å². The van der Waals surface area contributed by atoms with Gasteiger partial charge in [-0.05, 0) is 25.5 Å².